The Hall–Kier alpha value is -3.08. The minimum absolute atomic E-state index is 0.117. The average Bonchev–Trinajstić information content (AvgIpc) is 2.54. The molecule has 116 valence electrons. The largest absolute Gasteiger partial charge is 0.495 e. The molecule has 3 rings (SSSR count). The Balaban J connectivity index is 2.42. The van der Waals surface area contributed by atoms with Crippen LogP contribution in [0.15, 0.2) is 53.5 Å². The molecule has 0 atom stereocenters. The molecule has 1 aliphatic heterocycles. The van der Waals surface area contributed by atoms with Crippen LogP contribution in [0, 0.1) is 6.92 Å². The van der Waals surface area contributed by atoms with Crippen LogP contribution in [0.2, 0.25) is 0 Å². The minimum atomic E-state index is -1.07. The van der Waals surface area contributed by atoms with Gasteiger partial charge in [0.25, 0.3) is 0 Å². The Morgan fingerprint density at radius 3 is 2.61 bits per heavy atom. The lowest BCUT2D eigenvalue weighted by atomic mass is 9.97. The first-order valence-corrected chi connectivity index (χ1v) is 7.05. The highest BCUT2D eigenvalue weighted by atomic mass is 16.5. The number of carboxylic acids is 1. The van der Waals surface area contributed by atoms with Crippen molar-refractivity contribution >= 4 is 5.97 Å². The van der Waals surface area contributed by atoms with Gasteiger partial charge in [-0.05, 0) is 42.8 Å². The highest BCUT2D eigenvalue weighted by Crippen LogP contribution is 2.32. The lowest BCUT2D eigenvalue weighted by Gasteiger charge is -2.20. The molecular formula is C18H15NO4. The van der Waals surface area contributed by atoms with Crippen LogP contribution in [0.25, 0.3) is 16.8 Å². The van der Waals surface area contributed by atoms with Gasteiger partial charge < -0.3 is 14.4 Å². The van der Waals surface area contributed by atoms with Gasteiger partial charge >= 0.3 is 5.97 Å². The number of carbonyl (C=O) groups is 1. The first-order valence-electron chi connectivity index (χ1n) is 7.05. The molecule has 0 amide bonds. The van der Waals surface area contributed by atoms with Crippen molar-refractivity contribution in [1.82, 2.24) is 4.57 Å². The normalized spacial score (nSPS) is 10.7. The molecule has 1 N–H and O–H groups in total. The van der Waals surface area contributed by atoms with E-state index in [0.717, 1.165) is 5.69 Å². The molecule has 1 heterocycles. The van der Waals surface area contributed by atoms with Crippen LogP contribution >= 0.6 is 0 Å². The SMILES string of the molecule is COc1ccccc1-n1cc2ccc(=O)cc-2c(C(=O)O)c1C. The van der Waals surface area contributed by atoms with Crippen molar-refractivity contribution < 1.29 is 14.6 Å². The highest BCUT2D eigenvalue weighted by Gasteiger charge is 2.21. The van der Waals surface area contributed by atoms with Gasteiger partial charge in [-0.15, -0.1) is 0 Å². The van der Waals surface area contributed by atoms with Gasteiger partial charge in [0.05, 0.1) is 18.4 Å². The molecule has 0 fully saturated rings. The molecule has 0 saturated heterocycles. The summed E-state index contributed by atoms with van der Waals surface area (Å²) < 4.78 is 7.14. The summed E-state index contributed by atoms with van der Waals surface area (Å²) in [6.45, 7) is 1.72. The number of rotatable bonds is 3. The number of carboxylic acid groups (broad SMARTS) is 1. The van der Waals surface area contributed by atoms with Gasteiger partial charge in [0.1, 0.15) is 5.75 Å². The maximum atomic E-state index is 11.7. The fourth-order valence-electron chi connectivity index (χ4n) is 2.76. The number of nitrogens with zero attached hydrogens (tertiary/aromatic N) is 1. The first-order chi connectivity index (χ1) is 11.0. The quantitative estimate of drug-likeness (QED) is 0.807. The van der Waals surface area contributed by atoms with Gasteiger partial charge in [-0.2, -0.15) is 0 Å². The average molecular weight is 309 g/mol. The van der Waals surface area contributed by atoms with E-state index in [9.17, 15) is 14.7 Å². The number of benzene rings is 2. The monoisotopic (exact) mass is 309 g/mol. The van der Waals surface area contributed by atoms with Gasteiger partial charge in [0.2, 0.25) is 0 Å². The second-order valence-corrected chi connectivity index (χ2v) is 5.19. The van der Waals surface area contributed by atoms with E-state index in [4.69, 9.17) is 4.74 Å². The summed E-state index contributed by atoms with van der Waals surface area (Å²) >= 11 is 0. The van der Waals surface area contributed by atoms with Gasteiger partial charge in [0, 0.05) is 17.5 Å². The van der Waals surface area contributed by atoms with Crippen molar-refractivity contribution in [3.63, 3.8) is 0 Å². The fraction of sp³-hybridized carbons (Fsp3) is 0.111. The van der Waals surface area contributed by atoms with Crippen molar-refractivity contribution in [2.45, 2.75) is 6.92 Å². The van der Waals surface area contributed by atoms with Crippen molar-refractivity contribution in [1.29, 1.82) is 0 Å². The van der Waals surface area contributed by atoms with Crippen LogP contribution in [0.1, 0.15) is 16.1 Å². The summed E-state index contributed by atoms with van der Waals surface area (Å²) in [6, 6.07) is 11.8. The van der Waals surface area contributed by atoms with Gasteiger partial charge in [-0.25, -0.2) is 4.79 Å². The number of pyridine rings is 1. The summed E-state index contributed by atoms with van der Waals surface area (Å²) in [5.74, 6) is -0.431. The molecule has 0 saturated carbocycles. The summed E-state index contributed by atoms with van der Waals surface area (Å²) in [5, 5.41) is 9.61. The van der Waals surface area contributed by atoms with E-state index in [1.54, 1.807) is 24.7 Å². The molecule has 5 heteroatoms. The fourth-order valence-corrected chi connectivity index (χ4v) is 2.76. The number of aromatic carboxylic acids is 1. The second-order valence-electron chi connectivity index (χ2n) is 5.19. The zero-order valence-corrected chi connectivity index (χ0v) is 12.7. The Bertz CT molecular complexity index is 927. The maximum Gasteiger partial charge on any atom is 0.338 e. The van der Waals surface area contributed by atoms with E-state index in [0.29, 0.717) is 22.6 Å². The van der Waals surface area contributed by atoms with E-state index in [1.807, 2.05) is 30.5 Å². The van der Waals surface area contributed by atoms with Crippen LogP contribution in [0.5, 0.6) is 5.75 Å². The van der Waals surface area contributed by atoms with Crippen molar-refractivity contribution in [2.24, 2.45) is 0 Å². The minimum Gasteiger partial charge on any atom is -0.495 e. The Labute approximate surface area is 132 Å². The summed E-state index contributed by atoms with van der Waals surface area (Å²) in [4.78, 5) is 23.3. The smallest absolute Gasteiger partial charge is 0.338 e. The van der Waals surface area contributed by atoms with E-state index in [1.165, 1.54) is 12.1 Å². The van der Waals surface area contributed by atoms with Crippen molar-refractivity contribution in [3.05, 3.63) is 70.1 Å². The van der Waals surface area contributed by atoms with Crippen LogP contribution in [-0.4, -0.2) is 22.8 Å². The number of para-hydroxylation sites is 2. The molecule has 1 aromatic carbocycles. The maximum absolute atomic E-state index is 11.7. The summed E-state index contributed by atoms with van der Waals surface area (Å²) in [5.41, 5.74) is 2.29. The molecule has 0 spiro atoms. The number of hydrogen-bond donors (Lipinski definition) is 1. The molecule has 5 nitrogen and oxygen atoms in total. The van der Waals surface area contributed by atoms with Gasteiger partial charge in [0.15, 0.2) is 5.43 Å². The van der Waals surface area contributed by atoms with Gasteiger partial charge in [-0.3, -0.25) is 4.79 Å². The summed E-state index contributed by atoms with van der Waals surface area (Å²) in [6.07, 6.45) is 1.81. The Morgan fingerprint density at radius 2 is 1.91 bits per heavy atom. The van der Waals surface area contributed by atoms with E-state index in [2.05, 4.69) is 0 Å². The molecule has 0 radical (unpaired) electrons. The molecule has 1 aromatic rings. The molecule has 1 aliphatic carbocycles. The number of aromatic nitrogens is 1. The van der Waals surface area contributed by atoms with Crippen LogP contribution in [0.3, 0.4) is 0 Å². The lowest BCUT2D eigenvalue weighted by molar-refractivity contribution is 0.0696. The van der Waals surface area contributed by atoms with Crippen LogP contribution < -0.4 is 10.2 Å². The Morgan fingerprint density at radius 1 is 1.17 bits per heavy atom. The third-order valence-electron chi connectivity index (χ3n) is 3.84. The molecular weight excluding hydrogens is 294 g/mol. The zero-order valence-electron chi connectivity index (χ0n) is 12.7. The number of hydrogen-bond acceptors (Lipinski definition) is 3. The third-order valence-corrected chi connectivity index (χ3v) is 3.84. The van der Waals surface area contributed by atoms with Crippen molar-refractivity contribution in [2.75, 3.05) is 7.11 Å². The first kappa shape index (κ1) is 14.8. The predicted octanol–water partition coefficient (Wildman–Crippen LogP) is 2.96. The predicted molar refractivity (Wildman–Crippen MR) is 86.9 cm³/mol. The van der Waals surface area contributed by atoms with Crippen LogP contribution in [-0.2, 0) is 0 Å². The molecule has 0 aromatic heterocycles. The molecule has 0 bridgehead atoms. The standard InChI is InChI=1S/C18H15NO4/c1-11-17(18(21)22)14-9-13(20)8-7-12(14)10-19(11)15-5-3-4-6-16(15)23-2/h3-10H,1-2H3,(H,21,22). The number of methoxy groups -OCH3 is 1. The second kappa shape index (κ2) is 5.61. The molecule has 0 unspecified atom stereocenters. The highest BCUT2D eigenvalue weighted by molar-refractivity contribution is 5.97. The molecule has 2 aliphatic rings. The van der Waals surface area contributed by atoms with E-state index >= 15 is 0 Å². The lowest BCUT2D eigenvalue weighted by Crippen LogP contribution is -2.14. The number of ether oxygens (including phenoxy) is 1. The molecule has 23 heavy (non-hydrogen) atoms. The summed E-state index contributed by atoms with van der Waals surface area (Å²) in [7, 11) is 1.57. The van der Waals surface area contributed by atoms with E-state index in [-0.39, 0.29) is 11.0 Å². The zero-order chi connectivity index (χ0) is 16.6. The third kappa shape index (κ3) is 2.46. The topological polar surface area (TPSA) is 68.5 Å². The Kier molecular flexibility index (Phi) is 3.62. The van der Waals surface area contributed by atoms with Gasteiger partial charge in [-0.1, -0.05) is 12.1 Å². The van der Waals surface area contributed by atoms with E-state index < -0.39 is 5.97 Å². The van der Waals surface area contributed by atoms with Crippen molar-refractivity contribution in [3.8, 4) is 22.6 Å². The van der Waals surface area contributed by atoms with Crippen LogP contribution in [0.4, 0.5) is 0 Å². The number of fused-ring (bicyclic) bond motifs is 1.